The van der Waals surface area contributed by atoms with Gasteiger partial charge in [-0.05, 0) is 31.2 Å². The second-order valence-corrected chi connectivity index (χ2v) is 3.38. The van der Waals surface area contributed by atoms with Gasteiger partial charge in [-0.1, -0.05) is 17.7 Å². The van der Waals surface area contributed by atoms with E-state index in [-0.39, 0.29) is 0 Å². The second kappa shape index (κ2) is 4.45. The van der Waals surface area contributed by atoms with Crippen molar-refractivity contribution in [2.45, 2.75) is 6.92 Å². The molecule has 0 aliphatic rings. The predicted molar refractivity (Wildman–Crippen MR) is 60.2 cm³/mol. The van der Waals surface area contributed by atoms with E-state index in [1.54, 1.807) is 18.3 Å². The molecule has 3 heteroatoms. The highest BCUT2D eigenvalue weighted by atomic mass is 16.5. The van der Waals surface area contributed by atoms with Crippen LogP contribution in [0.2, 0.25) is 0 Å². The molecule has 1 heterocycles. The van der Waals surface area contributed by atoms with Crippen molar-refractivity contribution in [2.75, 3.05) is 0 Å². The van der Waals surface area contributed by atoms with Crippen LogP contribution in [0, 0.1) is 18.3 Å². The highest BCUT2D eigenvalue weighted by Crippen LogP contribution is 2.23. The van der Waals surface area contributed by atoms with Crippen molar-refractivity contribution in [2.24, 2.45) is 0 Å². The van der Waals surface area contributed by atoms with Gasteiger partial charge in [0.15, 0.2) is 11.4 Å². The van der Waals surface area contributed by atoms with Gasteiger partial charge in [0.1, 0.15) is 11.8 Å². The molecule has 0 aliphatic heterocycles. The van der Waals surface area contributed by atoms with Crippen LogP contribution in [0.1, 0.15) is 11.3 Å². The quantitative estimate of drug-likeness (QED) is 0.765. The highest BCUT2D eigenvalue weighted by molar-refractivity contribution is 5.40. The lowest BCUT2D eigenvalue weighted by molar-refractivity contribution is 0.478. The molecule has 0 radical (unpaired) electrons. The van der Waals surface area contributed by atoms with Gasteiger partial charge in [-0.3, -0.25) is 0 Å². The van der Waals surface area contributed by atoms with Gasteiger partial charge in [-0.2, -0.15) is 5.26 Å². The minimum Gasteiger partial charge on any atom is -0.454 e. The molecule has 0 N–H and O–H groups in total. The Morgan fingerprint density at radius 2 is 1.94 bits per heavy atom. The predicted octanol–water partition coefficient (Wildman–Crippen LogP) is 3.05. The van der Waals surface area contributed by atoms with Crippen LogP contribution in [0.5, 0.6) is 11.5 Å². The van der Waals surface area contributed by atoms with Crippen LogP contribution in [-0.2, 0) is 0 Å². The lowest BCUT2D eigenvalue weighted by Gasteiger charge is -2.06. The number of pyridine rings is 1. The molecule has 1 aromatic carbocycles. The van der Waals surface area contributed by atoms with Crippen molar-refractivity contribution in [1.29, 1.82) is 5.26 Å². The Morgan fingerprint density at radius 3 is 2.62 bits per heavy atom. The van der Waals surface area contributed by atoms with Crippen LogP contribution in [0.15, 0.2) is 42.6 Å². The molecule has 0 spiro atoms. The molecule has 3 nitrogen and oxygen atoms in total. The van der Waals surface area contributed by atoms with Gasteiger partial charge < -0.3 is 4.74 Å². The van der Waals surface area contributed by atoms with Crippen molar-refractivity contribution in [3.05, 3.63) is 53.9 Å². The lowest BCUT2D eigenvalue weighted by Crippen LogP contribution is -1.90. The molecule has 0 saturated heterocycles. The Balaban J connectivity index is 2.27. The first-order valence-corrected chi connectivity index (χ1v) is 4.89. The molecule has 0 amide bonds. The molecule has 2 rings (SSSR count). The number of hydrogen-bond donors (Lipinski definition) is 0. The number of hydrogen-bond acceptors (Lipinski definition) is 3. The number of nitrogens with zero attached hydrogens (tertiary/aromatic N) is 2. The molecule has 0 saturated carbocycles. The van der Waals surface area contributed by atoms with Crippen molar-refractivity contribution in [1.82, 2.24) is 4.98 Å². The number of aromatic nitrogens is 1. The Labute approximate surface area is 93.9 Å². The molecule has 0 aliphatic carbocycles. The molecule has 2 aromatic rings. The standard InChI is InChI=1S/C13H10N2O/c1-10-4-6-11(7-5-10)16-13-3-2-8-15-12(13)9-14/h2-8H,1H3. The van der Waals surface area contributed by atoms with Crippen molar-refractivity contribution in [3.8, 4) is 17.6 Å². The van der Waals surface area contributed by atoms with Crippen LogP contribution in [0.25, 0.3) is 0 Å². The van der Waals surface area contributed by atoms with E-state index in [2.05, 4.69) is 4.98 Å². The molecule has 0 unspecified atom stereocenters. The summed E-state index contributed by atoms with van der Waals surface area (Å²) in [4.78, 5) is 3.92. The third kappa shape index (κ3) is 2.18. The van der Waals surface area contributed by atoms with E-state index >= 15 is 0 Å². The molecular formula is C13H10N2O. The zero-order valence-corrected chi connectivity index (χ0v) is 8.84. The maximum atomic E-state index is 8.85. The SMILES string of the molecule is Cc1ccc(Oc2cccnc2C#N)cc1. The molecule has 0 atom stereocenters. The van der Waals surface area contributed by atoms with Gasteiger partial charge in [-0.15, -0.1) is 0 Å². The van der Waals surface area contributed by atoms with E-state index in [0.717, 1.165) is 0 Å². The molecule has 1 aromatic heterocycles. The number of benzene rings is 1. The van der Waals surface area contributed by atoms with E-state index in [1.165, 1.54) is 5.56 Å². The first-order valence-electron chi connectivity index (χ1n) is 4.89. The maximum Gasteiger partial charge on any atom is 0.183 e. The molecular weight excluding hydrogens is 200 g/mol. The van der Waals surface area contributed by atoms with E-state index < -0.39 is 0 Å². The van der Waals surface area contributed by atoms with Crippen molar-refractivity contribution in [3.63, 3.8) is 0 Å². The smallest absolute Gasteiger partial charge is 0.183 e. The van der Waals surface area contributed by atoms with E-state index in [0.29, 0.717) is 17.2 Å². The first-order chi connectivity index (χ1) is 7.79. The first kappa shape index (κ1) is 10.2. The Kier molecular flexibility index (Phi) is 2.84. The summed E-state index contributed by atoms with van der Waals surface area (Å²) >= 11 is 0. The van der Waals surface area contributed by atoms with Crippen LogP contribution in [-0.4, -0.2) is 4.98 Å². The summed E-state index contributed by atoms with van der Waals surface area (Å²) in [6.45, 7) is 2.01. The largest absolute Gasteiger partial charge is 0.454 e. The summed E-state index contributed by atoms with van der Waals surface area (Å²) in [5, 5.41) is 8.85. The fourth-order valence-corrected chi connectivity index (χ4v) is 1.29. The summed E-state index contributed by atoms with van der Waals surface area (Å²) in [6, 6.07) is 13.1. The Hall–Kier alpha value is -2.34. The minimum atomic E-state index is 0.295. The normalized spacial score (nSPS) is 9.50. The summed E-state index contributed by atoms with van der Waals surface area (Å²) in [7, 11) is 0. The number of ether oxygens (including phenoxy) is 1. The van der Waals surface area contributed by atoms with Crippen LogP contribution >= 0.6 is 0 Å². The summed E-state index contributed by atoms with van der Waals surface area (Å²) in [6.07, 6.45) is 1.57. The topological polar surface area (TPSA) is 45.9 Å². The third-order valence-corrected chi connectivity index (χ3v) is 2.13. The molecule has 78 valence electrons. The summed E-state index contributed by atoms with van der Waals surface area (Å²) in [5.41, 5.74) is 1.46. The fourth-order valence-electron chi connectivity index (χ4n) is 1.29. The lowest BCUT2D eigenvalue weighted by atomic mass is 10.2. The monoisotopic (exact) mass is 210 g/mol. The van der Waals surface area contributed by atoms with Crippen LogP contribution in [0.4, 0.5) is 0 Å². The van der Waals surface area contributed by atoms with Crippen molar-refractivity contribution >= 4 is 0 Å². The average molecular weight is 210 g/mol. The number of nitriles is 1. The van der Waals surface area contributed by atoms with Gasteiger partial charge in [0.25, 0.3) is 0 Å². The molecule has 0 bridgehead atoms. The van der Waals surface area contributed by atoms with Crippen LogP contribution < -0.4 is 4.74 Å². The fraction of sp³-hybridized carbons (Fsp3) is 0.0769. The van der Waals surface area contributed by atoms with Gasteiger partial charge in [-0.25, -0.2) is 4.98 Å². The number of rotatable bonds is 2. The van der Waals surface area contributed by atoms with Gasteiger partial charge in [0.2, 0.25) is 0 Å². The summed E-state index contributed by atoms with van der Waals surface area (Å²) < 4.78 is 5.57. The van der Waals surface area contributed by atoms with Gasteiger partial charge in [0.05, 0.1) is 0 Å². The summed E-state index contributed by atoms with van der Waals surface area (Å²) in [5.74, 6) is 1.18. The third-order valence-electron chi connectivity index (χ3n) is 2.13. The average Bonchev–Trinajstić information content (AvgIpc) is 2.33. The van der Waals surface area contributed by atoms with Crippen molar-refractivity contribution < 1.29 is 4.74 Å². The second-order valence-electron chi connectivity index (χ2n) is 3.38. The van der Waals surface area contributed by atoms with Crippen LogP contribution in [0.3, 0.4) is 0 Å². The van der Waals surface area contributed by atoms with Gasteiger partial charge >= 0.3 is 0 Å². The van der Waals surface area contributed by atoms with E-state index in [9.17, 15) is 0 Å². The Morgan fingerprint density at radius 1 is 1.19 bits per heavy atom. The molecule has 16 heavy (non-hydrogen) atoms. The molecule has 0 fully saturated rings. The highest BCUT2D eigenvalue weighted by Gasteiger charge is 2.04. The van der Waals surface area contributed by atoms with E-state index in [4.69, 9.17) is 10.00 Å². The zero-order chi connectivity index (χ0) is 11.4. The minimum absolute atomic E-state index is 0.295. The maximum absolute atomic E-state index is 8.85. The Bertz CT molecular complexity index is 526. The zero-order valence-electron chi connectivity index (χ0n) is 8.84. The van der Waals surface area contributed by atoms with Gasteiger partial charge in [0, 0.05) is 6.20 Å². The number of aryl methyl sites for hydroxylation is 1. The van der Waals surface area contributed by atoms with E-state index in [1.807, 2.05) is 37.3 Å².